The lowest BCUT2D eigenvalue weighted by Gasteiger charge is -2.33. The molecule has 17 heavy (non-hydrogen) atoms. The van der Waals surface area contributed by atoms with Gasteiger partial charge in [0, 0.05) is 0 Å². The number of rotatable bonds is 7. The summed E-state index contributed by atoms with van der Waals surface area (Å²) in [7, 11) is -6.98. The normalized spacial score (nSPS) is 16.1. The summed E-state index contributed by atoms with van der Waals surface area (Å²) in [5.74, 6) is 0. The maximum Gasteiger partial charge on any atom is 0.346 e. The molecular formula is C9H28O4Si4. The Balaban J connectivity index is 4.14. The van der Waals surface area contributed by atoms with Crippen LogP contribution < -0.4 is 0 Å². The first-order valence-corrected chi connectivity index (χ1v) is 17.8. The van der Waals surface area contributed by atoms with Crippen LogP contribution in [-0.2, 0) is 17.4 Å². The summed E-state index contributed by atoms with van der Waals surface area (Å²) in [6, 6.07) is 0. The molecule has 0 aromatic rings. The van der Waals surface area contributed by atoms with Crippen LogP contribution in [0.15, 0.2) is 0 Å². The lowest BCUT2D eigenvalue weighted by molar-refractivity contribution is -0.129. The van der Waals surface area contributed by atoms with Crippen LogP contribution in [0.1, 0.15) is 0 Å². The first-order chi connectivity index (χ1) is 7.31. The second-order valence-electron chi connectivity index (χ2n) is 6.59. The predicted molar refractivity (Wildman–Crippen MR) is 81.5 cm³/mol. The van der Waals surface area contributed by atoms with E-state index in [-0.39, 0.29) is 0 Å². The van der Waals surface area contributed by atoms with E-state index in [4.69, 9.17) is 17.4 Å². The van der Waals surface area contributed by atoms with E-state index in [0.717, 1.165) is 0 Å². The molecule has 0 aromatic carbocycles. The van der Waals surface area contributed by atoms with Crippen LogP contribution >= 0.6 is 0 Å². The van der Waals surface area contributed by atoms with E-state index in [1.165, 1.54) is 0 Å². The highest BCUT2D eigenvalue weighted by Crippen LogP contribution is 2.17. The average Bonchev–Trinajstić information content (AvgIpc) is 1.93. The lowest BCUT2D eigenvalue weighted by atomic mass is 11.8. The Morgan fingerprint density at radius 3 is 1.59 bits per heavy atom. The maximum absolute atomic E-state index is 6.09. The van der Waals surface area contributed by atoms with E-state index in [1.807, 2.05) is 6.55 Å². The summed E-state index contributed by atoms with van der Waals surface area (Å²) in [4.78, 5) is 0. The zero-order valence-electron chi connectivity index (χ0n) is 12.7. The van der Waals surface area contributed by atoms with Gasteiger partial charge in [-0.2, -0.15) is 0 Å². The van der Waals surface area contributed by atoms with Crippen molar-refractivity contribution in [2.45, 2.75) is 58.9 Å². The Labute approximate surface area is 111 Å². The predicted octanol–water partition coefficient (Wildman–Crippen LogP) is 3.19. The summed E-state index contributed by atoms with van der Waals surface area (Å²) < 4.78 is 22.9. The Hall–Kier alpha value is 0.708. The van der Waals surface area contributed by atoms with E-state index in [1.54, 1.807) is 0 Å². The van der Waals surface area contributed by atoms with Gasteiger partial charge < -0.3 is 8.23 Å². The molecule has 0 amide bonds. The second kappa shape index (κ2) is 6.24. The van der Waals surface area contributed by atoms with Crippen molar-refractivity contribution in [1.29, 1.82) is 0 Å². The van der Waals surface area contributed by atoms with E-state index in [0.29, 0.717) is 0 Å². The molecule has 0 rings (SSSR count). The van der Waals surface area contributed by atoms with Crippen LogP contribution in [0.4, 0.5) is 0 Å². The second-order valence-corrected chi connectivity index (χ2v) is 21.1. The first-order valence-electron chi connectivity index (χ1n) is 6.03. The third kappa shape index (κ3) is 11.5. The lowest BCUT2D eigenvalue weighted by Crippen LogP contribution is -2.48. The molecule has 1 atom stereocenters. The molecule has 0 spiro atoms. The molecule has 0 saturated heterocycles. The summed E-state index contributed by atoms with van der Waals surface area (Å²) in [5.41, 5.74) is 0. The average molecular weight is 313 g/mol. The van der Waals surface area contributed by atoms with Gasteiger partial charge in [-0.25, -0.2) is 0 Å². The van der Waals surface area contributed by atoms with Gasteiger partial charge in [0.05, 0.1) is 0 Å². The molecule has 0 saturated carbocycles. The van der Waals surface area contributed by atoms with Crippen molar-refractivity contribution in [3.8, 4) is 0 Å². The van der Waals surface area contributed by atoms with E-state index >= 15 is 0 Å². The van der Waals surface area contributed by atoms with Crippen LogP contribution in [0, 0.1) is 0 Å². The van der Waals surface area contributed by atoms with Gasteiger partial charge in [0.1, 0.15) is 0 Å². The minimum Gasteiger partial charge on any atom is -0.437 e. The van der Waals surface area contributed by atoms with E-state index in [2.05, 4.69) is 52.4 Å². The van der Waals surface area contributed by atoms with Gasteiger partial charge in [-0.05, 0) is 58.9 Å². The first kappa shape index (κ1) is 17.7. The summed E-state index contributed by atoms with van der Waals surface area (Å²) in [6.45, 7) is 19.0. The van der Waals surface area contributed by atoms with Gasteiger partial charge in [-0.1, -0.05) is 0 Å². The quantitative estimate of drug-likeness (QED) is 0.411. The highest BCUT2D eigenvalue weighted by molar-refractivity contribution is 6.83. The van der Waals surface area contributed by atoms with Gasteiger partial charge in [-0.15, -0.1) is 0 Å². The molecule has 4 nitrogen and oxygen atoms in total. The Kier molecular flexibility index (Phi) is 6.50. The van der Waals surface area contributed by atoms with Crippen molar-refractivity contribution in [2.24, 2.45) is 0 Å². The molecule has 0 heterocycles. The Bertz CT molecular complexity index is 234. The molecule has 0 radical (unpaired) electrons. The minimum absolute atomic E-state index is 1.55. The Morgan fingerprint density at radius 2 is 1.24 bits per heavy atom. The van der Waals surface area contributed by atoms with E-state index in [9.17, 15) is 0 Å². The molecule has 0 aliphatic carbocycles. The van der Waals surface area contributed by atoms with Gasteiger partial charge in [0.15, 0.2) is 8.32 Å². The molecule has 0 N–H and O–H groups in total. The Morgan fingerprint density at radius 1 is 0.765 bits per heavy atom. The van der Waals surface area contributed by atoms with Gasteiger partial charge in [0.2, 0.25) is 8.32 Å². The van der Waals surface area contributed by atoms with Crippen LogP contribution in [0.5, 0.6) is 0 Å². The zero-order valence-corrected chi connectivity index (χ0v) is 16.9. The fourth-order valence-corrected chi connectivity index (χ4v) is 13.0. The molecule has 0 bridgehead atoms. The van der Waals surface area contributed by atoms with Crippen molar-refractivity contribution in [3.05, 3.63) is 0 Å². The van der Waals surface area contributed by atoms with Gasteiger partial charge in [-0.3, -0.25) is 9.15 Å². The van der Waals surface area contributed by atoms with Crippen molar-refractivity contribution in [3.63, 3.8) is 0 Å². The van der Waals surface area contributed by atoms with Crippen molar-refractivity contribution < 1.29 is 17.4 Å². The summed E-state index contributed by atoms with van der Waals surface area (Å²) >= 11 is 0. The molecule has 0 aromatic heterocycles. The molecule has 8 heteroatoms. The van der Waals surface area contributed by atoms with E-state index < -0.39 is 34.5 Å². The SMILES string of the molecule is C[SiH](OO[Si](C)(C)C)O[Si](C)(C)O[Si](C)(C)C. The van der Waals surface area contributed by atoms with Crippen molar-refractivity contribution in [1.82, 2.24) is 0 Å². The maximum atomic E-state index is 6.09. The standard InChI is InChI=1S/C9H28O4Si4/c1-14(10-11-15(2,3)4)12-17(8,9)13-16(5,6)7/h14H,1-9H3. The minimum atomic E-state index is -2.06. The smallest absolute Gasteiger partial charge is 0.346 e. The van der Waals surface area contributed by atoms with Crippen LogP contribution in [-0.4, -0.2) is 34.5 Å². The van der Waals surface area contributed by atoms with Crippen molar-refractivity contribution >= 4 is 34.5 Å². The fourth-order valence-electron chi connectivity index (χ4n) is 1.39. The monoisotopic (exact) mass is 312 g/mol. The molecule has 104 valence electrons. The summed E-state index contributed by atoms with van der Waals surface area (Å²) in [6.07, 6.45) is 0. The third-order valence-electron chi connectivity index (χ3n) is 1.44. The summed E-state index contributed by atoms with van der Waals surface area (Å²) in [5, 5.41) is 0. The number of hydrogen-bond donors (Lipinski definition) is 0. The fraction of sp³-hybridized carbons (Fsp3) is 1.00. The number of hydrogen-bond acceptors (Lipinski definition) is 4. The van der Waals surface area contributed by atoms with Gasteiger partial charge in [0.25, 0.3) is 0 Å². The largest absolute Gasteiger partial charge is 0.437 e. The van der Waals surface area contributed by atoms with Crippen LogP contribution in [0.3, 0.4) is 0 Å². The highest BCUT2D eigenvalue weighted by Gasteiger charge is 2.34. The highest BCUT2D eigenvalue weighted by atomic mass is 28.5. The van der Waals surface area contributed by atoms with Gasteiger partial charge >= 0.3 is 17.8 Å². The van der Waals surface area contributed by atoms with Crippen molar-refractivity contribution in [2.75, 3.05) is 0 Å². The van der Waals surface area contributed by atoms with Crippen LogP contribution in [0.2, 0.25) is 58.9 Å². The topological polar surface area (TPSA) is 36.9 Å². The molecular weight excluding hydrogens is 284 g/mol. The van der Waals surface area contributed by atoms with Crippen LogP contribution in [0.25, 0.3) is 0 Å². The molecule has 1 unspecified atom stereocenters. The molecule has 0 aliphatic rings. The third-order valence-corrected chi connectivity index (χ3v) is 10.6. The molecule has 0 fully saturated rings. The zero-order chi connectivity index (χ0) is 13.9. The molecule has 0 aliphatic heterocycles.